The Labute approximate surface area is 101 Å². The van der Waals surface area contributed by atoms with Gasteiger partial charge in [0, 0.05) is 0 Å². The van der Waals surface area contributed by atoms with Crippen molar-refractivity contribution in [2.45, 2.75) is 26.3 Å². The van der Waals surface area contributed by atoms with Crippen LogP contribution in [0.25, 0.3) is 0 Å². The first-order chi connectivity index (χ1) is 8.02. The third kappa shape index (κ3) is 1.22. The van der Waals surface area contributed by atoms with Crippen molar-refractivity contribution < 1.29 is 9.59 Å². The Morgan fingerprint density at radius 3 is 2.18 bits per heavy atom. The van der Waals surface area contributed by atoms with Gasteiger partial charge >= 0.3 is 0 Å². The quantitative estimate of drug-likeness (QED) is 0.536. The van der Waals surface area contributed by atoms with E-state index in [1.165, 1.54) is 4.90 Å². The summed E-state index contributed by atoms with van der Waals surface area (Å²) in [5, 5.41) is 0. The van der Waals surface area contributed by atoms with Crippen LogP contribution in [0.4, 0.5) is 0 Å². The van der Waals surface area contributed by atoms with Crippen LogP contribution in [0.2, 0.25) is 0 Å². The Balaban J connectivity index is 1.95. The average Bonchev–Trinajstić information content (AvgIpc) is 2.92. The van der Waals surface area contributed by atoms with Crippen LogP contribution in [0.15, 0.2) is 24.3 Å². The first kappa shape index (κ1) is 10.8. The molecule has 3 nitrogen and oxygen atoms in total. The van der Waals surface area contributed by atoms with Gasteiger partial charge in [-0.3, -0.25) is 14.5 Å². The Hall–Kier alpha value is -1.38. The Morgan fingerprint density at radius 1 is 1.29 bits per heavy atom. The van der Waals surface area contributed by atoms with Crippen molar-refractivity contribution in [1.82, 2.24) is 4.90 Å². The lowest BCUT2D eigenvalue weighted by atomic mass is 9.85. The predicted octanol–water partition coefficient (Wildman–Crippen LogP) is 1.76. The fourth-order valence-electron chi connectivity index (χ4n) is 3.53. The highest BCUT2D eigenvalue weighted by Crippen LogP contribution is 2.52. The first-order valence-corrected chi connectivity index (χ1v) is 6.23. The maximum Gasteiger partial charge on any atom is 0.234 e. The molecule has 0 spiro atoms. The molecule has 5 atom stereocenters. The van der Waals surface area contributed by atoms with E-state index in [2.05, 4.69) is 18.7 Å². The minimum atomic E-state index is -0.167. The number of fused-ring (bicyclic) bond motifs is 5. The second-order valence-electron chi connectivity index (χ2n) is 5.57. The molecule has 1 saturated heterocycles. The molecule has 0 radical (unpaired) electrons. The van der Waals surface area contributed by atoms with Crippen LogP contribution in [0.3, 0.4) is 0 Å². The van der Waals surface area contributed by atoms with E-state index < -0.39 is 0 Å². The maximum atomic E-state index is 12.4. The Morgan fingerprint density at radius 2 is 1.76 bits per heavy atom. The van der Waals surface area contributed by atoms with Crippen LogP contribution in [0.1, 0.15) is 20.3 Å². The number of hydrogen-bond donors (Lipinski definition) is 0. The summed E-state index contributed by atoms with van der Waals surface area (Å²) in [6, 6.07) is -0.167. The van der Waals surface area contributed by atoms with E-state index in [1.807, 2.05) is 13.8 Å². The molecule has 3 rings (SSSR count). The van der Waals surface area contributed by atoms with Gasteiger partial charge < -0.3 is 0 Å². The number of carbonyl (C=O) groups excluding carboxylic acids is 2. The van der Waals surface area contributed by atoms with Crippen molar-refractivity contribution >= 4 is 11.8 Å². The summed E-state index contributed by atoms with van der Waals surface area (Å²) in [7, 11) is 0. The predicted molar refractivity (Wildman–Crippen MR) is 63.8 cm³/mol. The molecule has 2 aliphatic carbocycles. The summed E-state index contributed by atoms with van der Waals surface area (Å²) in [6.45, 7) is 7.61. The van der Waals surface area contributed by atoms with Gasteiger partial charge in [0.15, 0.2) is 0 Å². The Kier molecular flexibility index (Phi) is 2.09. The van der Waals surface area contributed by atoms with Gasteiger partial charge in [-0.05, 0) is 32.1 Å². The highest BCUT2D eigenvalue weighted by molar-refractivity contribution is 6.06. The number of carbonyl (C=O) groups is 2. The van der Waals surface area contributed by atoms with Gasteiger partial charge in [0.25, 0.3) is 0 Å². The molecule has 2 fully saturated rings. The fraction of sp³-hybridized carbons (Fsp3) is 0.571. The molecule has 2 bridgehead atoms. The van der Waals surface area contributed by atoms with E-state index in [0.717, 1.165) is 12.0 Å². The summed E-state index contributed by atoms with van der Waals surface area (Å²) >= 11 is 0. The van der Waals surface area contributed by atoms with Crippen LogP contribution < -0.4 is 0 Å². The SMILES string of the molecule is C=C(C)C(C)N1C(=O)C2C3C=CC(C3)C2C1=O. The summed E-state index contributed by atoms with van der Waals surface area (Å²) < 4.78 is 0. The second kappa shape index (κ2) is 3.31. The third-order valence-electron chi connectivity index (χ3n) is 4.60. The van der Waals surface area contributed by atoms with Crippen LogP contribution in [0.5, 0.6) is 0 Å². The molecule has 5 unspecified atom stereocenters. The molecule has 1 saturated carbocycles. The van der Waals surface area contributed by atoms with Gasteiger partial charge in [-0.25, -0.2) is 0 Å². The molecule has 1 heterocycles. The summed E-state index contributed by atoms with van der Waals surface area (Å²) in [5.41, 5.74) is 0.868. The minimum Gasteiger partial charge on any atom is -0.275 e. The molecule has 0 aromatic heterocycles. The van der Waals surface area contributed by atoms with Crippen molar-refractivity contribution in [3.63, 3.8) is 0 Å². The number of hydrogen-bond acceptors (Lipinski definition) is 2. The Bertz CT molecular complexity index is 421. The van der Waals surface area contributed by atoms with Gasteiger partial charge in [-0.1, -0.05) is 24.3 Å². The number of rotatable bonds is 2. The van der Waals surface area contributed by atoms with Crippen LogP contribution >= 0.6 is 0 Å². The molecular formula is C14H17NO2. The van der Waals surface area contributed by atoms with Crippen LogP contribution in [0, 0.1) is 23.7 Å². The molecule has 1 aliphatic heterocycles. The largest absolute Gasteiger partial charge is 0.275 e. The summed E-state index contributed by atoms with van der Waals surface area (Å²) in [6.07, 6.45) is 5.22. The molecule has 3 heteroatoms. The van der Waals surface area contributed by atoms with Crippen molar-refractivity contribution in [2.24, 2.45) is 23.7 Å². The maximum absolute atomic E-state index is 12.4. The van der Waals surface area contributed by atoms with Crippen LogP contribution in [-0.2, 0) is 9.59 Å². The summed E-state index contributed by atoms with van der Waals surface area (Å²) in [5.74, 6) is 0.464. The minimum absolute atomic E-state index is 0.0207. The standard InChI is InChI=1S/C14H17NO2/c1-7(2)8(3)15-13(16)11-9-4-5-10(6-9)12(11)14(15)17/h4-5,8-12H,1,6H2,2-3H3. The number of nitrogens with zero attached hydrogens (tertiary/aromatic N) is 1. The van der Waals surface area contributed by atoms with Crippen molar-refractivity contribution in [3.8, 4) is 0 Å². The van der Waals surface area contributed by atoms with E-state index in [1.54, 1.807) is 0 Å². The smallest absolute Gasteiger partial charge is 0.234 e. The van der Waals surface area contributed by atoms with Crippen molar-refractivity contribution in [3.05, 3.63) is 24.3 Å². The molecule has 0 aromatic rings. The number of likely N-dealkylation sites (tertiary alicyclic amines) is 1. The molecule has 90 valence electrons. The average molecular weight is 231 g/mol. The zero-order chi connectivity index (χ0) is 12.3. The van der Waals surface area contributed by atoms with E-state index >= 15 is 0 Å². The van der Waals surface area contributed by atoms with E-state index in [0.29, 0.717) is 11.8 Å². The highest BCUT2D eigenvalue weighted by Gasteiger charge is 2.59. The van der Waals surface area contributed by atoms with Gasteiger partial charge in [-0.15, -0.1) is 0 Å². The number of allylic oxidation sites excluding steroid dienone is 2. The molecule has 2 amide bonds. The van der Waals surface area contributed by atoms with Crippen molar-refractivity contribution in [2.75, 3.05) is 0 Å². The zero-order valence-corrected chi connectivity index (χ0v) is 10.2. The normalized spacial score (nSPS) is 40.0. The molecule has 0 aromatic carbocycles. The highest BCUT2D eigenvalue weighted by atomic mass is 16.2. The van der Waals surface area contributed by atoms with Gasteiger partial charge in [0.2, 0.25) is 11.8 Å². The fourth-order valence-corrected chi connectivity index (χ4v) is 3.53. The second-order valence-corrected chi connectivity index (χ2v) is 5.57. The lowest BCUT2D eigenvalue weighted by Gasteiger charge is -2.24. The third-order valence-corrected chi connectivity index (χ3v) is 4.60. The monoisotopic (exact) mass is 231 g/mol. The molecule has 3 aliphatic rings. The van der Waals surface area contributed by atoms with Crippen LogP contribution in [-0.4, -0.2) is 22.8 Å². The first-order valence-electron chi connectivity index (χ1n) is 6.23. The summed E-state index contributed by atoms with van der Waals surface area (Å²) in [4.78, 5) is 26.2. The van der Waals surface area contributed by atoms with E-state index in [4.69, 9.17) is 0 Å². The topological polar surface area (TPSA) is 37.4 Å². The lowest BCUT2D eigenvalue weighted by Crippen LogP contribution is -2.40. The lowest BCUT2D eigenvalue weighted by molar-refractivity contribution is -0.142. The van der Waals surface area contributed by atoms with Gasteiger partial charge in [0.1, 0.15) is 0 Å². The molecule has 17 heavy (non-hydrogen) atoms. The van der Waals surface area contributed by atoms with E-state index in [-0.39, 0.29) is 29.7 Å². The number of amides is 2. The van der Waals surface area contributed by atoms with Gasteiger partial charge in [-0.2, -0.15) is 0 Å². The number of imide groups is 1. The van der Waals surface area contributed by atoms with Crippen molar-refractivity contribution in [1.29, 1.82) is 0 Å². The molecule has 0 N–H and O–H groups in total. The zero-order valence-electron chi connectivity index (χ0n) is 10.2. The van der Waals surface area contributed by atoms with E-state index in [9.17, 15) is 9.59 Å². The van der Waals surface area contributed by atoms with Gasteiger partial charge in [0.05, 0.1) is 17.9 Å². The molecular weight excluding hydrogens is 214 g/mol.